The first kappa shape index (κ1) is 18.8. The molecule has 0 unspecified atom stereocenters. The van der Waals surface area contributed by atoms with Gasteiger partial charge in [-0.05, 0) is 36.1 Å². The average molecular weight is 368 g/mol. The molecule has 6 heteroatoms. The van der Waals surface area contributed by atoms with Gasteiger partial charge in [0.1, 0.15) is 11.3 Å². The highest BCUT2D eigenvalue weighted by molar-refractivity contribution is 5.92. The van der Waals surface area contributed by atoms with E-state index in [2.05, 4.69) is 22.8 Å². The molecule has 1 aliphatic rings. The molecule has 0 heterocycles. The Morgan fingerprint density at radius 1 is 1.04 bits per heavy atom. The maximum absolute atomic E-state index is 12.2. The van der Waals surface area contributed by atoms with Crippen LogP contribution in [-0.4, -0.2) is 32.8 Å². The monoisotopic (exact) mass is 368 g/mol. The van der Waals surface area contributed by atoms with Gasteiger partial charge in [-0.15, -0.1) is 0 Å². The van der Waals surface area contributed by atoms with Gasteiger partial charge < -0.3 is 20.1 Å². The van der Waals surface area contributed by atoms with Gasteiger partial charge in [-0.2, -0.15) is 0 Å². The molecule has 1 saturated carbocycles. The van der Waals surface area contributed by atoms with E-state index in [1.165, 1.54) is 19.8 Å². The summed E-state index contributed by atoms with van der Waals surface area (Å²) in [6, 6.07) is 15.2. The first-order valence-electron chi connectivity index (χ1n) is 8.90. The Labute approximate surface area is 158 Å². The first-order valence-corrected chi connectivity index (χ1v) is 8.90. The molecule has 2 aromatic carbocycles. The van der Waals surface area contributed by atoms with Crippen molar-refractivity contribution >= 4 is 12.0 Å². The zero-order chi connectivity index (χ0) is 19.3. The lowest BCUT2D eigenvalue weighted by Crippen LogP contribution is -2.39. The van der Waals surface area contributed by atoms with E-state index in [9.17, 15) is 9.59 Å². The summed E-state index contributed by atoms with van der Waals surface area (Å²) in [5.74, 6) is -0.0368. The zero-order valence-electron chi connectivity index (χ0n) is 15.6. The highest BCUT2D eigenvalue weighted by Gasteiger charge is 2.44. The summed E-state index contributed by atoms with van der Waals surface area (Å²) in [4.78, 5) is 24.0. The van der Waals surface area contributed by atoms with Gasteiger partial charge in [-0.1, -0.05) is 36.4 Å². The summed E-state index contributed by atoms with van der Waals surface area (Å²) in [6.45, 7) is 0.914. The SMILES string of the molecule is COC(=O)c1cc(CNC(=O)NCC2(c3ccccc3)CC2)ccc1OC. The molecule has 27 heavy (non-hydrogen) atoms. The molecule has 0 aromatic heterocycles. The molecule has 0 radical (unpaired) electrons. The van der Waals surface area contributed by atoms with Crippen LogP contribution in [0.1, 0.15) is 34.3 Å². The maximum Gasteiger partial charge on any atom is 0.341 e. The number of hydrogen-bond donors (Lipinski definition) is 2. The van der Waals surface area contributed by atoms with Gasteiger partial charge in [-0.25, -0.2) is 9.59 Å². The molecule has 0 bridgehead atoms. The quantitative estimate of drug-likeness (QED) is 0.737. The Morgan fingerprint density at radius 3 is 2.41 bits per heavy atom. The van der Waals surface area contributed by atoms with Gasteiger partial charge in [0.2, 0.25) is 0 Å². The number of methoxy groups -OCH3 is 2. The Hall–Kier alpha value is -3.02. The van der Waals surface area contributed by atoms with Crippen molar-refractivity contribution in [3.05, 3.63) is 65.2 Å². The number of amides is 2. The van der Waals surface area contributed by atoms with Crippen LogP contribution < -0.4 is 15.4 Å². The third kappa shape index (κ3) is 4.39. The highest BCUT2D eigenvalue weighted by Crippen LogP contribution is 2.47. The second kappa shape index (κ2) is 8.12. The van der Waals surface area contributed by atoms with Gasteiger partial charge in [-0.3, -0.25) is 0 Å². The Balaban J connectivity index is 1.54. The van der Waals surface area contributed by atoms with E-state index in [4.69, 9.17) is 9.47 Å². The fourth-order valence-corrected chi connectivity index (χ4v) is 3.14. The van der Waals surface area contributed by atoms with Crippen LogP contribution in [0.4, 0.5) is 4.79 Å². The van der Waals surface area contributed by atoms with Crippen LogP contribution in [0, 0.1) is 0 Å². The number of rotatable bonds is 7. The largest absolute Gasteiger partial charge is 0.496 e. The second-order valence-electron chi connectivity index (χ2n) is 6.71. The molecule has 0 aliphatic heterocycles. The van der Waals surface area contributed by atoms with Crippen molar-refractivity contribution in [2.75, 3.05) is 20.8 Å². The molecular formula is C21H24N2O4. The fourth-order valence-electron chi connectivity index (χ4n) is 3.14. The Bertz CT molecular complexity index is 816. The average Bonchev–Trinajstić information content (AvgIpc) is 3.52. The predicted molar refractivity (Wildman–Crippen MR) is 102 cm³/mol. The van der Waals surface area contributed by atoms with E-state index in [-0.39, 0.29) is 11.4 Å². The van der Waals surface area contributed by atoms with E-state index in [0.29, 0.717) is 24.4 Å². The topological polar surface area (TPSA) is 76.7 Å². The van der Waals surface area contributed by atoms with Crippen LogP contribution in [0.5, 0.6) is 5.75 Å². The van der Waals surface area contributed by atoms with Crippen LogP contribution in [0.3, 0.4) is 0 Å². The van der Waals surface area contributed by atoms with Gasteiger partial charge in [0.25, 0.3) is 0 Å². The number of carbonyl (C=O) groups is 2. The summed E-state index contributed by atoms with van der Waals surface area (Å²) in [6.07, 6.45) is 2.16. The number of esters is 1. The van der Waals surface area contributed by atoms with E-state index < -0.39 is 5.97 Å². The molecule has 0 saturated heterocycles. The van der Waals surface area contributed by atoms with Crippen molar-refractivity contribution in [2.45, 2.75) is 24.8 Å². The molecule has 1 aliphatic carbocycles. The summed E-state index contributed by atoms with van der Waals surface area (Å²) >= 11 is 0. The zero-order valence-corrected chi connectivity index (χ0v) is 15.6. The summed E-state index contributed by atoms with van der Waals surface area (Å²) in [5, 5.41) is 5.79. The molecule has 0 atom stereocenters. The second-order valence-corrected chi connectivity index (χ2v) is 6.71. The maximum atomic E-state index is 12.2. The van der Waals surface area contributed by atoms with Gasteiger partial charge >= 0.3 is 12.0 Å². The van der Waals surface area contributed by atoms with Crippen LogP contribution in [0.2, 0.25) is 0 Å². The van der Waals surface area contributed by atoms with Crippen molar-refractivity contribution in [3.63, 3.8) is 0 Å². The number of benzene rings is 2. The third-order valence-electron chi connectivity index (χ3n) is 4.95. The molecule has 6 nitrogen and oxygen atoms in total. The molecule has 0 spiro atoms. The summed E-state index contributed by atoms with van der Waals surface area (Å²) in [5.41, 5.74) is 2.45. The summed E-state index contributed by atoms with van der Waals surface area (Å²) < 4.78 is 9.94. The molecule has 2 N–H and O–H groups in total. The molecule has 2 amide bonds. The molecular weight excluding hydrogens is 344 g/mol. The fraction of sp³-hybridized carbons (Fsp3) is 0.333. The van der Waals surface area contributed by atoms with Gasteiger partial charge in [0, 0.05) is 18.5 Å². The lowest BCUT2D eigenvalue weighted by atomic mass is 9.96. The Morgan fingerprint density at radius 2 is 1.78 bits per heavy atom. The number of hydrogen-bond acceptors (Lipinski definition) is 4. The molecule has 1 fully saturated rings. The van der Waals surface area contributed by atoms with Crippen LogP contribution >= 0.6 is 0 Å². The summed E-state index contributed by atoms with van der Waals surface area (Å²) in [7, 11) is 2.81. The van der Waals surface area contributed by atoms with Gasteiger partial charge in [0.15, 0.2) is 0 Å². The Kier molecular flexibility index (Phi) is 5.64. The van der Waals surface area contributed by atoms with Crippen molar-refractivity contribution in [2.24, 2.45) is 0 Å². The first-order chi connectivity index (χ1) is 13.1. The minimum atomic E-state index is -0.475. The highest BCUT2D eigenvalue weighted by atomic mass is 16.5. The molecule has 2 aromatic rings. The van der Waals surface area contributed by atoms with E-state index in [1.54, 1.807) is 18.2 Å². The van der Waals surface area contributed by atoms with Crippen molar-refractivity contribution in [1.29, 1.82) is 0 Å². The number of urea groups is 1. The number of carbonyl (C=O) groups excluding carboxylic acids is 2. The van der Waals surface area contributed by atoms with E-state index in [0.717, 1.165) is 18.4 Å². The number of nitrogens with one attached hydrogen (secondary N) is 2. The van der Waals surface area contributed by atoms with Gasteiger partial charge in [0.05, 0.1) is 14.2 Å². The minimum Gasteiger partial charge on any atom is -0.496 e. The molecule has 142 valence electrons. The lowest BCUT2D eigenvalue weighted by Gasteiger charge is -2.17. The van der Waals surface area contributed by atoms with E-state index >= 15 is 0 Å². The van der Waals surface area contributed by atoms with Crippen LogP contribution in [0.25, 0.3) is 0 Å². The minimum absolute atomic E-state index is 0.0662. The smallest absolute Gasteiger partial charge is 0.341 e. The van der Waals surface area contributed by atoms with Crippen molar-refractivity contribution < 1.29 is 19.1 Å². The standard InChI is InChI=1S/C21H24N2O4/c1-26-18-9-8-15(12-17(18)19(24)27-2)13-22-20(25)23-14-21(10-11-21)16-6-4-3-5-7-16/h3-9,12H,10-11,13-14H2,1-2H3,(H2,22,23,25). The molecule has 3 rings (SSSR count). The van der Waals surface area contributed by atoms with E-state index in [1.807, 2.05) is 18.2 Å². The predicted octanol–water partition coefficient (Wildman–Crippen LogP) is 3.01. The third-order valence-corrected chi connectivity index (χ3v) is 4.95. The van der Waals surface area contributed by atoms with Crippen molar-refractivity contribution in [3.8, 4) is 5.75 Å². The van der Waals surface area contributed by atoms with Crippen LogP contribution in [-0.2, 0) is 16.7 Å². The lowest BCUT2D eigenvalue weighted by molar-refractivity contribution is 0.0597. The van der Waals surface area contributed by atoms with Crippen molar-refractivity contribution in [1.82, 2.24) is 10.6 Å². The van der Waals surface area contributed by atoms with Crippen LogP contribution in [0.15, 0.2) is 48.5 Å². The number of ether oxygens (including phenoxy) is 2. The normalized spacial score (nSPS) is 14.1.